The summed E-state index contributed by atoms with van der Waals surface area (Å²) in [6, 6.07) is 0.263. The van der Waals surface area contributed by atoms with Gasteiger partial charge in [0.05, 0.1) is 6.61 Å². The van der Waals surface area contributed by atoms with Gasteiger partial charge in [-0.1, -0.05) is 12.2 Å². The van der Waals surface area contributed by atoms with Crippen LogP contribution in [0.5, 0.6) is 0 Å². The number of aromatic nitrogens is 3. The summed E-state index contributed by atoms with van der Waals surface area (Å²) in [5, 5.41) is 3.20. The van der Waals surface area contributed by atoms with Crippen molar-refractivity contribution in [3.05, 3.63) is 12.7 Å². The van der Waals surface area contributed by atoms with Gasteiger partial charge in [0.1, 0.15) is 12.7 Å². The van der Waals surface area contributed by atoms with Crippen molar-refractivity contribution in [3.63, 3.8) is 0 Å². The number of hydrogen-bond donors (Lipinski definition) is 3. The highest BCUT2D eigenvalue weighted by atomic mass is 32.7. The summed E-state index contributed by atoms with van der Waals surface area (Å²) in [6.07, 6.45) is 5.64. The van der Waals surface area contributed by atoms with Crippen molar-refractivity contribution in [1.82, 2.24) is 15.0 Å². The molecule has 7 nitrogen and oxygen atoms in total. The molecule has 100 valence electrons. The van der Waals surface area contributed by atoms with E-state index in [1.54, 1.807) is 0 Å². The first-order valence-electron chi connectivity index (χ1n) is 5.61. The maximum atomic E-state index is 10.9. The summed E-state index contributed by atoms with van der Waals surface area (Å²) in [5.41, 5.74) is 0. The fourth-order valence-corrected chi connectivity index (χ4v) is 2.66. The monoisotopic (exact) mass is 290 g/mol. The predicted molar refractivity (Wildman–Crippen MR) is 69.3 cm³/mol. The molecule has 1 aliphatic carbocycles. The summed E-state index contributed by atoms with van der Waals surface area (Å²) >= 11 is 3.48. The maximum Gasteiger partial charge on any atom is 0.383 e. The summed E-state index contributed by atoms with van der Waals surface area (Å²) in [6.45, 7) is -3.41. The van der Waals surface area contributed by atoms with Crippen molar-refractivity contribution in [2.75, 3.05) is 11.9 Å². The van der Waals surface area contributed by atoms with Crippen LogP contribution >= 0.6 is 19.0 Å². The molecule has 0 radical (unpaired) electrons. The summed E-state index contributed by atoms with van der Waals surface area (Å²) in [5.74, 6) is 0.815. The quantitative estimate of drug-likeness (QED) is 0.558. The largest absolute Gasteiger partial charge is 0.383 e. The first-order valence-corrected chi connectivity index (χ1v) is 8.34. The van der Waals surface area contributed by atoms with Gasteiger partial charge in [-0.2, -0.15) is 0 Å². The molecule has 1 aromatic rings. The first-order chi connectivity index (χ1) is 8.53. The Morgan fingerprint density at radius 1 is 1.50 bits per heavy atom. The van der Waals surface area contributed by atoms with E-state index in [0.29, 0.717) is 5.95 Å². The molecule has 0 amide bonds. The third kappa shape index (κ3) is 4.53. The normalized spacial score (nSPS) is 26.8. The molecule has 1 heterocycles. The Morgan fingerprint density at radius 3 is 2.89 bits per heavy atom. The van der Waals surface area contributed by atoms with E-state index in [1.807, 2.05) is 0 Å². The molecule has 0 spiro atoms. The lowest BCUT2D eigenvalue weighted by Gasteiger charge is -2.13. The highest BCUT2D eigenvalue weighted by Gasteiger charge is 2.27. The molecular formula is C9H15N4O3PS. The van der Waals surface area contributed by atoms with Gasteiger partial charge < -0.3 is 14.7 Å². The van der Waals surface area contributed by atoms with Crippen LogP contribution in [0.1, 0.15) is 19.3 Å². The molecule has 1 unspecified atom stereocenters. The van der Waals surface area contributed by atoms with Crippen molar-refractivity contribution in [1.29, 1.82) is 0 Å². The molecule has 18 heavy (non-hydrogen) atoms. The van der Waals surface area contributed by atoms with Gasteiger partial charge in [0, 0.05) is 6.04 Å². The SMILES string of the molecule is O=P(O)(S)OC[C@@H]1CC[C@H](Nc2ncncn2)C1. The Hall–Kier alpha value is -0.690. The van der Waals surface area contributed by atoms with Crippen LogP contribution < -0.4 is 5.32 Å². The van der Waals surface area contributed by atoms with E-state index in [0.717, 1.165) is 19.3 Å². The molecular weight excluding hydrogens is 275 g/mol. The lowest BCUT2D eigenvalue weighted by atomic mass is 10.1. The van der Waals surface area contributed by atoms with Gasteiger partial charge in [0.2, 0.25) is 5.95 Å². The van der Waals surface area contributed by atoms with E-state index in [1.165, 1.54) is 12.7 Å². The Kier molecular flexibility index (Phi) is 4.55. The molecule has 0 aromatic carbocycles. The number of nitrogens with one attached hydrogen (secondary N) is 1. The standard InChI is InChI=1S/C9H15N4O3PS/c14-17(15,18)16-4-7-1-2-8(3-7)13-9-11-5-10-6-12-9/h5-8H,1-4H2,(H2,14,15,18)(H,10,11,12,13)/t7-,8+/m1/s1. The summed E-state index contributed by atoms with van der Waals surface area (Å²) in [7, 11) is 0. The Bertz CT molecular complexity index is 429. The molecule has 3 atom stereocenters. The zero-order valence-electron chi connectivity index (χ0n) is 9.64. The van der Waals surface area contributed by atoms with Gasteiger partial charge in [-0.3, -0.25) is 0 Å². The Balaban J connectivity index is 1.77. The average molecular weight is 290 g/mol. The third-order valence-electron chi connectivity index (χ3n) is 2.85. The predicted octanol–water partition coefficient (Wildman–Crippen LogP) is 1.50. The molecule has 0 saturated heterocycles. The number of rotatable bonds is 5. The number of hydrogen-bond acceptors (Lipinski definition) is 6. The molecule has 2 N–H and O–H groups in total. The van der Waals surface area contributed by atoms with E-state index >= 15 is 0 Å². The number of nitrogens with zero attached hydrogens (tertiary/aromatic N) is 3. The zero-order valence-corrected chi connectivity index (χ0v) is 11.4. The Morgan fingerprint density at radius 2 is 2.22 bits per heavy atom. The van der Waals surface area contributed by atoms with Crippen LogP contribution in [0.4, 0.5) is 5.95 Å². The van der Waals surface area contributed by atoms with Crippen molar-refractivity contribution in [3.8, 4) is 0 Å². The van der Waals surface area contributed by atoms with Crippen LogP contribution in [-0.2, 0) is 9.09 Å². The molecule has 9 heteroatoms. The molecule has 1 aliphatic rings. The van der Waals surface area contributed by atoms with E-state index in [2.05, 4.69) is 32.5 Å². The second-order valence-electron chi connectivity index (χ2n) is 4.27. The molecule has 1 saturated carbocycles. The van der Waals surface area contributed by atoms with Gasteiger partial charge in [-0.05, 0) is 25.2 Å². The minimum absolute atomic E-state index is 0.257. The molecule has 1 fully saturated rings. The van der Waals surface area contributed by atoms with Crippen LogP contribution in [0.15, 0.2) is 12.7 Å². The van der Waals surface area contributed by atoms with Crippen LogP contribution in [0.25, 0.3) is 0 Å². The molecule has 0 aliphatic heterocycles. The highest BCUT2D eigenvalue weighted by Crippen LogP contribution is 2.47. The highest BCUT2D eigenvalue weighted by molar-refractivity contribution is 8.44. The van der Waals surface area contributed by atoms with E-state index in [9.17, 15) is 4.57 Å². The van der Waals surface area contributed by atoms with Crippen LogP contribution in [0, 0.1) is 5.92 Å². The van der Waals surface area contributed by atoms with Crippen molar-refractivity contribution in [2.45, 2.75) is 25.3 Å². The fraction of sp³-hybridized carbons (Fsp3) is 0.667. The summed E-state index contributed by atoms with van der Waals surface area (Å²) < 4.78 is 15.7. The number of thiol groups is 1. The average Bonchev–Trinajstić information content (AvgIpc) is 2.75. The van der Waals surface area contributed by atoms with E-state index < -0.39 is 6.80 Å². The van der Waals surface area contributed by atoms with E-state index in [-0.39, 0.29) is 18.6 Å². The Labute approximate surface area is 110 Å². The van der Waals surface area contributed by atoms with Gasteiger partial charge >= 0.3 is 6.80 Å². The zero-order chi connectivity index (χ0) is 13.0. The van der Waals surface area contributed by atoms with Gasteiger partial charge in [0.15, 0.2) is 0 Å². The van der Waals surface area contributed by atoms with Crippen LogP contribution in [0.3, 0.4) is 0 Å². The van der Waals surface area contributed by atoms with Gasteiger partial charge in [-0.25, -0.2) is 19.5 Å². The second-order valence-corrected chi connectivity index (χ2v) is 7.02. The van der Waals surface area contributed by atoms with Crippen molar-refractivity contribution < 1.29 is 14.0 Å². The minimum Gasteiger partial charge on any atom is -0.351 e. The first kappa shape index (κ1) is 13.7. The van der Waals surface area contributed by atoms with Crippen molar-refractivity contribution >= 4 is 25.0 Å². The van der Waals surface area contributed by atoms with Crippen molar-refractivity contribution in [2.24, 2.45) is 5.92 Å². The van der Waals surface area contributed by atoms with Crippen LogP contribution in [-0.4, -0.2) is 32.5 Å². The smallest absolute Gasteiger partial charge is 0.351 e. The van der Waals surface area contributed by atoms with Gasteiger partial charge in [-0.15, -0.1) is 0 Å². The van der Waals surface area contributed by atoms with Crippen LogP contribution in [0.2, 0.25) is 0 Å². The lowest BCUT2D eigenvalue weighted by Crippen LogP contribution is -2.18. The lowest BCUT2D eigenvalue weighted by molar-refractivity contribution is 0.228. The molecule has 1 aromatic heterocycles. The minimum atomic E-state index is -3.66. The maximum absolute atomic E-state index is 10.9. The second kappa shape index (κ2) is 5.97. The number of anilines is 1. The third-order valence-corrected chi connectivity index (χ3v) is 3.68. The topological polar surface area (TPSA) is 97.2 Å². The molecule has 0 bridgehead atoms. The summed E-state index contributed by atoms with van der Waals surface area (Å²) in [4.78, 5) is 20.7. The fourth-order valence-electron chi connectivity index (χ4n) is 2.06. The molecule has 2 rings (SSSR count). The van der Waals surface area contributed by atoms with E-state index in [4.69, 9.17) is 9.42 Å². The van der Waals surface area contributed by atoms with Gasteiger partial charge in [0.25, 0.3) is 0 Å².